The van der Waals surface area contributed by atoms with E-state index >= 15 is 0 Å². The van der Waals surface area contributed by atoms with E-state index in [1.54, 1.807) is 6.08 Å². The molecule has 0 aliphatic rings. The molecular weight excluding hydrogens is 278 g/mol. The van der Waals surface area contributed by atoms with Crippen molar-refractivity contribution in [1.29, 1.82) is 0 Å². The lowest BCUT2D eigenvalue weighted by Crippen LogP contribution is -2.26. The Hall–Kier alpha value is -2.41. The Labute approximate surface area is 122 Å². The van der Waals surface area contributed by atoms with Crippen molar-refractivity contribution in [3.63, 3.8) is 0 Å². The standard InChI is InChI=1S/C14H17NO6/c1-4-5-8-20-10(2)14(16)21-13-9-11(15(17)18)6-7-12(13)19-3/h4,6-7,9-10H,1,5,8H2,2-3H3. The van der Waals surface area contributed by atoms with Gasteiger partial charge in [-0.05, 0) is 19.4 Å². The first-order valence-electron chi connectivity index (χ1n) is 6.26. The molecule has 7 nitrogen and oxygen atoms in total. The highest BCUT2D eigenvalue weighted by Crippen LogP contribution is 2.31. The molecule has 1 atom stereocenters. The Kier molecular flexibility index (Phi) is 6.35. The molecule has 0 aliphatic carbocycles. The van der Waals surface area contributed by atoms with Gasteiger partial charge in [-0.15, -0.1) is 6.58 Å². The molecule has 1 aromatic rings. The SMILES string of the molecule is C=CCCOC(C)C(=O)Oc1cc([N+](=O)[O-])ccc1OC. The molecule has 0 aromatic heterocycles. The molecule has 0 saturated carbocycles. The van der Waals surface area contributed by atoms with Gasteiger partial charge in [0, 0.05) is 6.07 Å². The fourth-order valence-electron chi connectivity index (χ4n) is 1.45. The monoisotopic (exact) mass is 295 g/mol. The van der Waals surface area contributed by atoms with Crippen molar-refractivity contribution in [2.24, 2.45) is 0 Å². The van der Waals surface area contributed by atoms with E-state index in [1.165, 1.54) is 26.2 Å². The smallest absolute Gasteiger partial charge is 0.340 e. The van der Waals surface area contributed by atoms with Gasteiger partial charge in [0.05, 0.1) is 24.7 Å². The molecule has 0 heterocycles. The Bertz CT molecular complexity index is 528. The third-order valence-electron chi connectivity index (χ3n) is 2.59. The summed E-state index contributed by atoms with van der Waals surface area (Å²) < 4.78 is 15.4. The van der Waals surface area contributed by atoms with Crippen LogP contribution in [-0.2, 0) is 9.53 Å². The van der Waals surface area contributed by atoms with Gasteiger partial charge in [-0.3, -0.25) is 10.1 Å². The quantitative estimate of drug-likeness (QED) is 0.183. The second-order valence-electron chi connectivity index (χ2n) is 4.10. The third kappa shape index (κ3) is 4.88. The largest absolute Gasteiger partial charge is 0.493 e. The number of non-ortho nitro benzene ring substituents is 1. The molecule has 0 N–H and O–H groups in total. The lowest BCUT2D eigenvalue weighted by atomic mass is 10.3. The summed E-state index contributed by atoms with van der Waals surface area (Å²) in [4.78, 5) is 22.0. The number of hydrogen-bond acceptors (Lipinski definition) is 6. The van der Waals surface area contributed by atoms with Gasteiger partial charge in [0.15, 0.2) is 17.6 Å². The summed E-state index contributed by atoms with van der Waals surface area (Å²) in [6.45, 7) is 5.42. The van der Waals surface area contributed by atoms with Crippen LogP contribution in [0.3, 0.4) is 0 Å². The Balaban J connectivity index is 2.80. The Morgan fingerprint density at radius 2 is 2.19 bits per heavy atom. The fraction of sp³-hybridized carbons (Fsp3) is 0.357. The molecule has 0 aliphatic heterocycles. The normalized spacial score (nSPS) is 11.5. The van der Waals surface area contributed by atoms with Gasteiger partial charge in [0.25, 0.3) is 5.69 Å². The molecule has 0 radical (unpaired) electrons. The Morgan fingerprint density at radius 1 is 1.48 bits per heavy atom. The summed E-state index contributed by atoms with van der Waals surface area (Å²) in [5, 5.41) is 10.7. The van der Waals surface area contributed by atoms with E-state index in [4.69, 9.17) is 14.2 Å². The average molecular weight is 295 g/mol. The van der Waals surface area contributed by atoms with Crippen LogP contribution in [0, 0.1) is 10.1 Å². The van der Waals surface area contributed by atoms with Gasteiger partial charge >= 0.3 is 5.97 Å². The van der Waals surface area contributed by atoms with Crippen LogP contribution in [0.2, 0.25) is 0 Å². The van der Waals surface area contributed by atoms with Crippen LogP contribution in [0.1, 0.15) is 13.3 Å². The van der Waals surface area contributed by atoms with Crippen molar-refractivity contribution < 1.29 is 23.9 Å². The molecule has 0 bridgehead atoms. The first kappa shape index (κ1) is 16.6. The summed E-state index contributed by atoms with van der Waals surface area (Å²) in [6.07, 6.45) is 1.48. The van der Waals surface area contributed by atoms with E-state index in [0.717, 1.165) is 6.07 Å². The van der Waals surface area contributed by atoms with E-state index in [0.29, 0.717) is 13.0 Å². The number of carbonyl (C=O) groups excluding carboxylic acids is 1. The van der Waals surface area contributed by atoms with Crippen LogP contribution in [0.25, 0.3) is 0 Å². The van der Waals surface area contributed by atoms with Gasteiger partial charge in [-0.1, -0.05) is 6.08 Å². The predicted octanol–water partition coefficient (Wildman–Crippen LogP) is 2.49. The van der Waals surface area contributed by atoms with Crippen LogP contribution in [0.15, 0.2) is 30.9 Å². The molecule has 0 spiro atoms. The van der Waals surface area contributed by atoms with E-state index in [-0.39, 0.29) is 17.2 Å². The van der Waals surface area contributed by atoms with Gasteiger partial charge < -0.3 is 14.2 Å². The molecule has 0 fully saturated rings. The number of methoxy groups -OCH3 is 1. The number of carbonyl (C=O) groups is 1. The van der Waals surface area contributed by atoms with Gasteiger partial charge in [-0.25, -0.2) is 4.79 Å². The van der Waals surface area contributed by atoms with Crippen LogP contribution in [0.4, 0.5) is 5.69 Å². The maximum absolute atomic E-state index is 11.9. The van der Waals surface area contributed by atoms with E-state index in [9.17, 15) is 14.9 Å². The zero-order chi connectivity index (χ0) is 15.8. The molecule has 1 aromatic carbocycles. The highest BCUT2D eigenvalue weighted by molar-refractivity contribution is 5.77. The number of esters is 1. The minimum absolute atomic E-state index is 0.0177. The summed E-state index contributed by atoms with van der Waals surface area (Å²) >= 11 is 0. The number of nitrogens with zero attached hydrogens (tertiary/aromatic N) is 1. The number of hydrogen-bond donors (Lipinski definition) is 0. The number of nitro groups is 1. The van der Waals surface area contributed by atoms with E-state index in [2.05, 4.69) is 6.58 Å². The summed E-state index contributed by atoms with van der Waals surface area (Å²) in [7, 11) is 1.38. The van der Waals surface area contributed by atoms with Crippen LogP contribution < -0.4 is 9.47 Å². The molecule has 1 rings (SSSR count). The first-order valence-corrected chi connectivity index (χ1v) is 6.26. The van der Waals surface area contributed by atoms with Crippen molar-refractivity contribution >= 4 is 11.7 Å². The predicted molar refractivity (Wildman–Crippen MR) is 75.5 cm³/mol. The lowest BCUT2D eigenvalue weighted by molar-refractivity contribution is -0.384. The average Bonchev–Trinajstić information content (AvgIpc) is 2.47. The van der Waals surface area contributed by atoms with Crippen molar-refractivity contribution in [2.75, 3.05) is 13.7 Å². The number of nitro benzene ring substituents is 1. The van der Waals surface area contributed by atoms with Crippen LogP contribution in [0.5, 0.6) is 11.5 Å². The summed E-state index contributed by atoms with van der Waals surface area (Å²) in [5.74, 6) is -0.444. The second kappa shape index (κ2) is 8.01. The van der Waals surface area contributed by atoms with Gasteiger partial charge in [-0.2, -0.15) is 0 Å². The maximum atomic E-state index is 11.9. The molecule has 1 unspecified atom stereocenters. The van der Waals surface area contributed by atoms with Crippen molar-refractivity contribution in [3.8, 4) is 11.5 Å². The van der Waals surface area contributed by atoms with Gasteiger partial charge in [0.1, 0.15) is 0 Å². The summed E-state index contributed by atoms with van der Waals surface area (Å²) in [6, 6.07) is 3.76. The molecule has 0 amide bonds. The number of ether oxygens (including phenoxy) is 3. The zero-order valence-electron chi connectivity index (χ0n) is 11.9. The highest BCUT2D eigenvalue weighted by atomic mass is 16.6. The molecular formula is C14H17NO6. The third-order valence-corrected chi connectivity index (χ3v) is 2.59. The molecule has 7 heteroatoms. The number of benzene rings is 1. The minimum Gasteiger partial charge on any atom is -0.493 e. The molecule has 114 valence electrons. The second-order valence-corrected chi connectivity index (χ2v) is 4.10. The van der Waals surface area contributed by atoms with Crippen molar-refractivity contribution in [3.05, 3.63) is 41.0 Å². The van der Waals surface area contributed by atoms with Gasteiger partial charge in [0.2, 0.25) is 0 Å². The first-order chi connectivity index (χ1) is 9.99. The van der Waals surface area contributed by atoms with E-state index < -0.39 is 17.0 Å². The molecule has 0 saturated heterocycles. The van der Waals surface area contributed by atoms with Crippen molar-refractivity contribution in [2.45, 2.75) is 19.4 Å². The van der Waals surface area contributed by atoms with Crippen LogP contribution >= 0.6 is 0 Å². The topological polar surface area (TPSA) is 87.9 Å². The van der Waals surface area contributed by atoms with Crippen LogP contribution in [-0.4, -0.2) is 30.7 Å². The Morgan fingerprint density at radius 3 is 2.76 bits per heavy atom. The highest BCUT2D eigenvalue weighted by Gasteiger charge is 2.20. The lowest BCUT2D eigenvalue weighted by Gasteiger charge is -2.13. The van der Waals surface area contributed by atoms with Crippen molar-refractivity contribution in [1.82, 2.24) is 0 Å². The minimum atomic E-state index is -0.797. The number of rotatable bonds is 8. The maximum Gasteiger partial charge on any atom is 0.340 e. The molecule has 21 heavy (non-hydrogen) atoms. The fourth-order valence-corrected chi connectivity index (χ4v) is 1.45. The van der Waals surface area contributed by atoms with E-state index in [1.807, 2.05) is 0 Å². The zero-order valence-corrected chi connectivity index (χ0v) is 11.9. The summed E-state index contributed by atoms with van der Waals surface area (Å²) in [5.41, 5.74) is -0.196.